The Morgan fingerprint density at radius 1 is 1.69 bits per heavy atom. The maximum Gasteiger partial charge on any atom is 0.166 e. The van der Waals surface area contributed by atoms with Crippen molar-refractivity contribution in [3.63, 3.8) is 0 Å². The van der Waals surface area contributed by atoms with E-state index in [0.717, 1.165) is 13.2 Å². The molecule has 1 fully saturated rings. The van der Waals surface area contributed by atoms with Gasteiger partial charge in [-0.15, -0.1) is 5.10 Å². The topological polar surface area (TPSA) is 82.9 Å². The fraction of sp³-hybridized carbons (Fsp3) is 0.500. The Hall–Kier alpha value is -1.71. The van der Waals surface area contributed by atoms with E-state index in [1.807, 2.05) is 0 Å². The van der Waals surface area contributed by atoms with Gasteiger partial charge in [-0.05, 0) is 6.07 Å². The molecule has 1 unspecified atom stereocenters. The largest absolute Gasteiger partial charge is 0.378 e. The van der Waals surface area contributed by atoms with Gasteiger partial charge in [0.05, 0.1) is 25.0 Å². The molecule has 1 saturated heterocycles. The SMILES string of the molecule is N#Cc1ccnnc1NCC1COCCN1. The van der Waals surface area contributed by atoms with Gasteiger partial charge in [-0.2, -0.15) is 10.4 Å². The van der Waals surface area contributed by atoms with E-state index in [2.05, 4.69) is 26.9 Å². The van der Waals surface area contributed by atoms with Crippen LogP contribution in [0, 0.1) is 11.3 Å². The Balaban J connectivity index is 1.91. The van der Waals surface area contributed by atoms with Gasteiger partial charge in [0, 0.05) is 19.1 Å². The number of rotatable bonds is 3. The summed E-state index contributed by atoms with van der Waals surface area (Å²) in [6.45, 7) is 2.96. The molecular formula is C10H13N5O. The van der Waals surface area contributed by atoms with Gasteiger partial charge in [-0.1, -0.05) is 0 Å². The lowest BCUT2D eigenvalue weighted by Crippen LogP contribution is -2.45. The Kier molecular flexibility index (Phi) is 3.64. The van der Waals surface area contributed by atoms with Crippen molar-refractivity contribution < 1.29 is 4.74 Å². The monoisotopic (exact) mass is 219 g/mol. The molecule has 84 valence electrons. The lowest BCUT2D eigenvalue weighted by atomic mass is 10.2. The van der Waals surface area contributed by atoms with Crippen molar-refractivity contribution in [3.8, 4) is 6.07 Å². The van der Waals surface area contributed by atoms with Gasteiger partial charge >= 0.3 is 0 Å². The van der Waals surface area contributed by atoms with Crippen LogP contribution in [0.15, 0.2) is 12.3 Å². The van der Waals surface area contributed by atoms with Crippen LogP contribution >= 0.6 is 0 Å². The van der Waals surface area contributed by atoms with Crippen molar-refractivity contribution in [2.24, 2.45) is 0 Å². The zero-order valence-corrected chi connectivity index (χ0v) is 8.81. The van der Waals surface area contributed by atoms with Crippen LogP contribution in [0.3, 0.4) is 0 Å². The van der Waals surface area contributed by atoms with Gasteiger partial charge in [-0.3, -0.25) is 0 Å². The first kappa shape index (κ1) is 10.8. The van der Waals surface area contributed by atoms with E-state index < -0.39 is 0 Å². The Morgan fingerprint density at radius 3 is 3.38 bits per heavy atom. The van der Waals surface area contributed by atoms with E-state index in [9.17, 15) is 0 Å². The van der Waals surface area contributed by atoms with Crippen molar-refractivity contribution in [3.05, 3.63) is 17.8 Å². The summed E-state index contributed by atoms with van der Waals surface area (Å²) in [5.41, 5.74) is 0.506. The average Bonchev–Trinajstić information content (AvgIpc) is 2.38. The first-order chi connectivity index (χ1) is 7.90. The number of morpholine rings is 1. The standard InChI is InChI=1S/C10H13N5O/c11-5-8-1-2-14-15-10(8)13-6-9-7-16-4-3-12-9/h1-2,9,12H,3-4,6-7H2,(H,13,15). The highest BCUT2D eigenvalue weighted by atomic mass is 16.5. The van der Waals surface area contributed by atoms with E-state index in [0.29, 0.717) is 24.5 Å². The van der Waals surface area contributed by atoms with E-state index in [-0.39, 0.29) is 6.04 Å². The molecule has 0 saturated carbocycles. The number of ether oxygens (including phenoxy) is 1. The summed E-state index contributed by atoms with van der Waals surface area (Å²) >= 11 is 0. The smallest absolute Gasteiger partial charge is 0.166 e. The molecule has 6 nitrogen and oxygen atoms in total. The number of nitriles is 1. The van der Waals surface area contributed by atoms with Crippen LogP contribution in [0.2, 0.25) is 0 Å². The van der Waals surface area contributed by atoms with Crippen LogP contribution in [-0.4, -0.2) is 42.5 Å². The van der Waals surface area contributed by atoms with E-state index >= 15 is 0 Å². The summed E-state index contributed by atoms with van der Waals surface area (Å²) in [7, 11) is 0. The van der Waals surface area contributed by atoms with Crippen molar-refractivity contribution in [1.82, 2.24) is 15.5 Å². The molecule has 2 heterocycles. The van der Waals surface area contributed by atoms with Crippen LogP contribution < -0.4 is 10.6 Å². The number of nitrogens with one attached hydrogen (secondary N) is 2. The highest BCUT2D eigenvalue weighted by Crippen LogP contribution is 2.08. The first-order valence-electron chi connectivity index (χ1n) is 5.17. The highest BCUT2D eigenvalue weighted by molar-refractivity contribution is 5.50. The molecule has 6 heteroatoms. The number of hydrogen-bond acceptors (Lipinski definition) is 6. The van der Waals surface area contributed by atoms with Gasteiger partial charge in [0.1, 0.15) is 6.07 Å². The number of aromatic nitrogens is 2. The third-order valence-electron chi connectivity index (χ3n) is 2.36. The average molecular weight is 219 g/mol. The molecule has 1 aromatic heterocycles. The Labute approximate surface area is 93.6 Å². The molecule has 1 atom stereocenters. The summed E-state index contributed by atoms with van der Waals surface area (Å²) < 4.78 is 5.32. The fourth-order valence-electron chi connectivity index (χ4n) is 1.52. The van der Waals surface area contributed by atoms with Gasteiger partial charge in [-0.25, -0.2) is 0 Å². The van der Waals surface area contributed by atoms with Crippen molar-refractivity contribution in [2.75, 3.05) is 31.6 Å². The molecule has 0 bridgehead atoms. The van der Waals surface area contributed by atoms with E-state index in [4.69, 9.17) is 10.00 Å². The number of anilines is 1. The third kappa shape index (κ3) is 2.66. The molecule has 1 aliphatic rings. The minimum absolute atomic E-state index is 0.252. The molecule has 0 spiro atoms. The predicted octanol–water partition coefficient (Wildman–Crippen LogP) is -0.251. The molecule has 0 aromatic carbocycles. The summed E-state index contributed by atoms with van der Waals surface area (Å²) in [4.78, 5) is 0. The van der Waals surface area contributed by atoms with Gasteiger partial charge in [0.25, 0.3) is 0 Å². The van der Waals surface area contributed by atoms with E-state index in [1.165, 1.54) is 6.20 Å². The number of hydrogen-bond donors (Lipinski definition) is 2. The third-order valence-corrected chi connectivity index (χ3v) is 2.36. The van der Waals surface area contributed by atoms with E-state index in [1.54, 1.807) is 6.07 Å². The predicted molar refractivity (Wildman–Crippen MR) is 57.8 cm³/mol. The second kappa shape index (κ2) is 5.39. The van der Waals surface area contributed by atoms with Crippen LogP contribution in [0.25, 0.3) is 0 Å². The quantitative estimate of drug-likeness (QED) is 0.729. The number of nitrogens with zero attached hydrogens (tertiary/aromatic N) is 3. The van der Waals surface area contributed by atoms with Crippen LogP contribution in [0.4, 0.5) is 5.82 Å². The molecule has 2 N–H and O–H groups in total. The summed E-state index contributed by atoms with van der Waals surface area (Å²) in [5, 5.41) is 22.9. The molecule has 0 radical (unpaired) electrons. The molecule has 1 aliphatic heterocycles. The second-order valence-electron chi connectivity index (χ2n) is 3.51. The van der Waals surface area contributed by atoms with Crippen LogP contribution in [-0.2, 0) is 4.74 Å². The lowest BCUT2D eigenvalue weighted by molar-refractivity contribution is 0.0806. The summed E-state index contributed by atoms with van der Waals surface area (Å²) in [5.74, 6) is 0.525. The molecular weight excluding hydrogens is 206 g/mol. The van der Waals surface area contributed by atoms with Crippen molar-refractivity contribution in [1.29, 1.82) is 5.26 Å². The van der Waals surface area contributed by atoms with Gasteiger partial charge < -0.3 is 15.4 Å². The summed E-state index contributed by atoms with van der Waals surface area (Å²) in [6.07, 6.45) is 1.51. The second-order valence-corrected chi connectivity index (χ2v) is 3.51. The fourth-order valence-corrected chi connectivity index (χ4v) is 1.52. The minimum atomic E-state index is 0.252. The summed E-state index contributed by atoms with van der Waals surface area (Å²) in [6, 6.07) is 3.96. The first-order valence-corrected chi connectivity index (χ1v) is 5.17. The Bertz CT molecular complexity index is 383. The lowest BCUT2D eigenvalue weighted by Gasteiger charge is -2.24. The maximum atomic E-state index is 8.86. The van der Waals surface area contributed by atoms with Gasteiger partial charge in [0.15, 0.2) is 5.82 Å². The Morgan fingerprint density at radius 2 is 2.62 bits per heavy atom. The van der Waals surface area contributed by atoms with Gasteiger partial charge in [0.2, 0.25) is 0 Å². The van der Waals surface area contributed by atoms with Crippen LogP contribution in [0.5, 0.6) is 0 Å². The molecule has 0 amide bonds. The zero-order chi connectivity index (χ0) is 11.2. The molecule has 1 aromatic rings. The minimum Gasteiger partial charge on any atom is -0.378 e. The maximum absolute atomic E-state index is 8.86. The van der Waals surface area contributed by atoms with Crippen molar-refractivity contribution >= 4 is 5.82 Å². The zero-order valence-electron chi connectivity index (χ0n) is 8.81. The molecule has 2 rings (SSSR count). The molecule has 16 heavy (non-hydrogen) atoms. The normalized spacial score (nSPS) is 20.1. The molecule has 0 aliphatic carbocycles. The van der Waals surface area contributed by atoms with Crippen molar-refractivity contribution in [2.45, 2.75) is 6.04 Å². The van der Waals surface area contributed by atoms with Crippen LogP contribution in [0.1, 0.15) is 5.56 Å². The highest BCUT2D eigenvalue weighted by Gasteiger charge is 2.13.